The Bertz CT molecular complexity index is 699. The van der Waals surface area contributed by atoms with Gasteiger partial charge in [-0.25, -0.2) is 0 Å². The lowest BCUT2D eigenvalue weighted by atomic mass is 10.3. The minimum Gasteiger partial charge on any atom is -0.491 e. The van der Waals surface area contributed by atoms with Crippen molar-refractivity contribution in [2.45, 2.75) is 13.2 Å². The number of rotatable bonds is 12. The van der Waals surface area contributed by atoms with Gasteiger partial charge in [0.05, 0.1) is 23.1 Å². The van der Waals surface area contributed by atoms with Gasteiger partial charge >= 0.3 is 0 Å². The van der Waals surface area contributed by atoms with Crippen LogP contribution in [0.4, 0.5) is 11.4 Å². The second-order valence-electron chi connectivity index (χ2n) is 5.51. The fraction of sp³-hybridized carbons (Fsp3) is 0.333. The van der Waals surface area contributed by atoms with Crippen LogP contribution in [0, 0.1) is 20.2 Å². The highest BCUT2D eigenvalue weighted by atomic mass is 16.7. The van der Waals surface area contributed by atoms with Crippen LogP contribution in [-0.4, -0.2) is 42.6 Å². The number of benzene rings is 2. The first kappa shape index (κ1) is 21.1. The fourth-order valence-corrected chi connectivity index (χ4v) is 2.12. The van der Waals surface area contributed by atoms with E-state index in [9.17, 15) is 20.2 Å². The molecule has 0 fully saturated rings. The van der Waals surface area contributed by atoms with Crippen molar-refractivity contribution in [1.29, 1.82) is 0 Å². The maximum absolute atomic E-state index is 10.6. The number of nitro groups is 2. The predicted molar refractivity (Wildman–Crippen MR) is 98.5 cm³/mol. The van der Waals surface area contributed by atoms with E-state index < -0.39 is 16.1 Å². The molecule has 2 rings (SSSR count). The van der Waals surface area contributed by atoms with Crippen LogP contribution >= 0.6 is 0 Å². The van der Waals surface area contributed by atoms with E-state index in [1.165, 1.54) is 48.5 Å². The molecule has 0 heterocycles. The number of ether oxygens (including phenoxy) is 4. The molecular formula is C18H20N2O8. The number of nitro benzene ring substituents is 2. The maximum Gasteiger partial charge on any atom is 0.269 e. The topological polar surface area (TPSA) is 123 Å². The summed E-state index contributed by atoms with van der Waals surface area (Å²) in [7, 11) is 0. The van der Waals surface area contributed by atoms with Gasteiger partial charge < -0.3 is 18.9 Å². The summed E-state index contributed by atoms with van der Waals surface area (Å²) >= 11 is 0. The quantitative estimate of drug-likeness (QED) is 0.233. The van der Waals surface area contributed by atoms with Crippen LogP contribution < -0.4 is 9.47 Å². The van der Waals surface area contributed by atoms with Crippen LogP contribution in [0.15, 0.2) is 48.5 Å². The third-order valence-electron chi connectivity index (χ3n) is 3.50. The van der Waals surface area contributed by atoms with Crippen LogP contribution in [0.5, 0.6) is 11.5 Å². The number of hydrogen-bond acceptors (Lipinski definition) is 8. The van der Waals surface area contributed by atoms with Crippen LogP contribution in [0.25, 0.3) is 0 Å². The second kappa shape index (κ2) is 10.8. The van der Waals surface area contributed by atoms with Gasteiger partial charge in [-0.3, -0.25) is 20.2 Å². The Kier molecular flexibility index (Phi) is 8.12. The molecule has 0 atom stereocenters. The molecule has 2 aromatic rings. The van der Waals surface area contributed by atoms with Gasteiger partial charge in [0.1, 0.15) is 24.7 Å². The van der Waals surface area contributed by atoms with Crippen molar-refractivity contribution < 1.29 is 28.8 Å². The summed E-state index contributed by atoms with van der Waals surface area (Å²) in [4.78, 5) is 20.2. The molecule has 150 valence electrons. The first-order valence-corrected chi connectivity index (χ1v) is 8.43. The van der Waals surface area contributed by atoms with Crippen molar-refractivity contribution in [2.24, 2.45) is 0 Å². The molecule has 0 spiro atoms. The molecule has 0 aliphatic carbocycles. The molecule has 0 aromatic heterocycles. The summed E-state index contributed by atoms with van der Waals surface area (Å²) in [5.41, 5.74) is 0.00290. The maximum atomic E-state index is 10.6. The highest BCUT2D eigenvalue weighted by molar-refractivity contribution is 5.36. The molecule has 10 nitrogen and oxygen atoms in total. The van der Waals surface area contributed by atoms with Gasteiger partial charge in [0, 0.05) is 24.3 Å². The molecule has 28 heavy (non-hydrogen) atoms. The highest BCUT2D eigenvalue weighted by Gasteiger charge is 2.06. The molecular weight excluding hydrogens is 372 g/mol. The predicted octanol–water partition coefficient (Wildman–Crippen LogP) is 3.34. The molecule has 0 bridgehead atoms. The summed E-state index contributed by atoms with van der Waals surface area (Å²) in [5, 5.41) is 21.1. The zero-order chi connectivity index (χ0) is 20.4. The highest BCUT2D eigenvalue weighted by Crippen LogP contribution is 2.18. The summed E-state index contributed by atoms with van der Waals surface area (Å²) in [6, 6.07) is 11.6. The van der Waals surface area contributed by atoms with E-state index >= 15 is 0 Å². The summed E-state index contributed by atoms with van der Waals surface area (Å²) in [5.74, 6) is 1.03. The Labute approximate surface area is 160 Å². The molecule has 2 aromatic carbocycles. The molecule has 0 N–H and O–H groups in total. The van der Waals surface area contributed by atoms with E-state index in [0.29, 0.717) is 11.5 Å². The van der Waals surface area contributed by atoms with E-state index in [0.717, 1.165) is 0 Å². The van der Waals surface area contributed by atoms with Crippen molar-refractivity contribution in [1.82, 2.24) is 0 Å². The van der Waals surface area contributed by atoms with Gasteiger partial charge in [-0.05, 0) is 31.2 Å². The van der Waals surface area contributed by atoms with Crippen LogP contribution in [0.3, 0.4) is 0 Å². The van der Waals surface area contributed by atoms with Crippen molar-refractivity contribution in [2.75, 3.05) is 26.4 Å². The number of non-ortho nitro benzene ring substituents is 2. The smallest absolute Gasteiger partial charge is 0.269 e. The van der Waals surface area contributed by atoms with Crippen molar-refractivity contribution in [3.63, 3.8) is 0 Å². The third-order valence-corrected chi connectivity index (χ3v) is 3.50. The minimum absolute atomic E-state index is 0.00145. The Balaban J connectivity index is 1.55. The molecule has 0 radical (unpaired) electrons. The van der Waals surface area contributed by atoms with Crippen molar-refractivity contribution >= 4 is 11.4 Å². The van der Waals surface area contributed by atoms with Gasteiger partial charge in [-0.1, -0.05) is 0 Å². The fourth-order valence-electron chi connectivity index (χ4n) is 2.12. The van der Waals surface area contributed by atoms with Crippen molar-refractivity contribution in [3.05, 3.63) is 68.8 Å². The lowest BCUT2D eigenvalue weighted by Crippen LogP contribution is -2.20. The third kappa shape index (κ3) is 7.17. The second-order valence-corrected chi connectivity index (χ2v) is 5.51. The van der Waals surface area contributed by atoms with E-state index in [1.807, 2.05) is 0 Å². The first-order valence-electron chi connectivity index (χ1n) is 8.43. The van der Waals surface area contributed by atoms with Gasteiger partial charge in [0.25, 0.3) is 11.4 Å². The zero-order valence-electron chi connectivity index (χ0n) is 15.2. The Morgan fingerprint density at radius 2 is 1.07 bits per heavy atom. The van der Waals surface area contributed by atoms with E-state index in [4.69, 9.17) is 18.9 Å². The van der Waals surface area contributed by atoms with Gasteiger partial charge in [-0.15, -0.1) is 0 Å². The summed E-state index contributed by atoms with van der Waals surface area (Å²) in [6.07, 6.45) is -0.471. The normalized spacial score (nSPS) is 10.6. The van der Waals surface area contributed by atoms with Crippen molar-refractivity contribution in [3.8, 4) is 11.5 Å². The Morgan fingerprint density at radius 1 is 0.714 bits per heavy atom. The first-order chi connectivity index (χ1) is 13.5. The molecule has 0 aliphatic rings. The van der Waals surface area contributed by atoms with Crippen LogP contribution in [0.1, 0.15) is 6.92 Å². The SMILES string of the molecule is CC(OCCOc1ccc([N+](=O)[O-])cc1)OCCOc1ccc([N+](=O)[O-])cc1. The van der Waals surface area contributed by atoms with Gasteiger partial charge in [0.2, 0.25) is 0 Å². The van der Waals surface area contributed by atoms with Crippen LogP contribution in [-0.2, 0) is 9.47 Å². The Morgan fingerprint density at radius 3 is 1.39 bits per heavy atom. The van der Waals surface area contributed by atoms with Gasteiger partial charge in [0.15, 0.2) is 6.29 Å². The van der Waals surface area contributed by atoms with E-state index in [1.54, 1.807) is 6.92 Å². The van der Waals surface area contributed by atoms with E-state index in [-0.39, 0.29) is 37.8 Å². The van der Waals surface area contributed by atoms with Gasteiger partial charge in [-0.2, -0.15) is 0 Å². The average Bonchev–Trinajstić information content (AvgIpc) is 2.69. The average molecular weight is 392 g/mol. The minimum atomic E-state index is -0.475. The van der Waals surface area contributed by atoms with E-state index in [2.05, 4.69) is 0 Å². The standard InChI is InChI=1S/C18H20N2O8/c1-14(25-10-12-27-17-6-2-15(3-7-17)19(21)22)26-11-13-28-18-8-4-16(5-9-18)20(23)24/h2-9,14H,10-13H2,1H3. The molecule has 0 saturated carbocycles. The Hall–Kier alpha value is -3.24. The number of nitrogens with zero attached hydrogens (tertiary/aromatic N) is 2. The molecule has 0 amide bonds. The lowest BCUT2D eigenvalue weighted by Gasteiger charge is -2.15. The molecule has 10 heteroatoms. The molecule has 0 unspecified atom stereocenters. The number of hydrogen-bond donors (Lipinski definition) is 0. The monoisotopic (exact) mass is 392 g/mol. The zero-order valence-corrected chi connectivity index (χ0v) is 15.2. The van der Waals surface area contributed by atoms with Crippen LogP contribution in [0.2, 0.25) is 0 Å². The molecule has 0 aliphatic heterocycles. The summed E-state index contributed by atoms with van der Waals surface area (Å²) < 4.78 is 21.7. The summed E-state index contributed by atoms with van der Waals surface area (Å²) in [6.45, 7) is 2.83. The molecule has 0 saturated heterocycles. The largest absolute Gasteiger partial charge is 0.491 e. The lowest BCUT2D eigenvalue weighted by molar-refractivity contribution is -0.385.